The molecule has 0 amide bonds. The first-order valence-electron chi connectivity index (χ1n) is 15.3. The van der Waals surface area contributed by atoms with E-state index in [0.717, 1.165) is 0 Å². The van der Waals surface area contributed by atoms with Crippen molar-refractivity contribution in [1.82, 2.24) is 4.98 Å². The summed E-state index contributed by atoms with van der Waals surface area (Å²) in [6.07, 6.45) is 2.11. The molecule has 45 heavy (non-hydrogen) atoms. The highest BCUT2D eigenvalue weighted by Gasteiger charge is 2.70. The Morgan fingerprint density at radius 1 is 1.13 bits per heavy atom. The zero-order chi connectivity index (χ0) is 32.6. The third kappa shape index (κ3) is 6.00. The zero-order valence-electron chi connectivity index (χ0n) is 26.7. The second-order valence-electron chi connectivity index (χ2n) is 13.0. The number of hydrogen-bond donors (Lipinski definition) is 1. The van der Waals surface area contributed by atoms with Crippen LogP contribution in [0.15, 0.2) is 39.8 Å². The molecule has 1 aliphatic heterocycles. The van der Waals surface area contributed by atoms with E-state index >= 15 is 0 Å². The number of rotatable bonds is 10. The van der Waals surface area contributed by atoms with E-state index in [1.807, 2.05) is 13.8 Å². The van der Waals surface area contributed by atoms with Gasteiger partial charge in [-0.05, 0) is 49.7 Å². The molecule has 3 aliphatic rings. The van der Waals surface area contributed by atoms with Crippen LogP contribution in [0.25, 0.3) is 11.3 Å². The summed E-state index contributed by atoms with van der Waals surface area (Å²) in [5.41, 5.74) is -2.74. The predicted molar refractivity (Wildman–Crippen MR) is 159 cm³/mol. The summed E-state index contributed by atoms with van der Waals surface area (Å²) in [6, 6.07) is 5.11. The Bertz CT molecular complexity index is 1450. The number of nitrogens with zero attached hydrogens (tertiary/aromatic N) is 1. The lowest BCUT2D eigenvalue weighted by Crippen LogP contribution is -2.71. The van der Waals surface area contributed by atoms with Crippen molar-refractivity contribution in [2.75, 3.05) is 33.7 Å². The quantitative estimate of drug-likeness (QED) is 0.231. The molecule has 2 fully saturated rings. The molecule has 1 N–H and O–H groups in total. The Morgan fingerprint density at radius 2 is 1.91 bits per heavy atom. The summed E-state index contributed by atoms with van der Waals surface area (Å²) in [7, 11) is 1.58. The molecule has 3 heterocycles. The Balaban J connectivity index is 1.61. The summed E-state index contributed by atoms with van der Waals surface area (Å²) in [4.78, 5) is 41.9. The van der Waals surface area contributed by atoms with Crippen molar-refractivity contribution in [3.8, 4) is 17.1 Å². The number of fused-ring (bicyclic) bond motifs is 4. The van der Waals surface area contributed by atoms with Crippen molar-refractivity contribution in [2.45, 2.75) is 77.8 Å². The van der Waals surface area contributed by atoms with Crippen molar-refractivity contribution in [1.29, 1.82) is 0 Å². The lowest BCUT2D eigenvalue weighted by atomic mass is 9.42. The van der Waals surface area contributed by atoms with Gasteiger partial charge in [-0.1, -0.05) is 13.8 Å². The first kappa shape index (κ1) is 33.1. The predicted octanol–water partition coefficient (Wildman–Crippen LogP) is 3.83. The molecule has 2 saturated carbocycles. The van der Waals surface area contributed by atoms with E-state index in [1.165, 1.54) is 13.8 Å². The molecule has 2 aliphatic carbocycles. The number of ether oxygens (including phenoxy) is 6. The Hall–Kier alpha value is -3.32. The van der Waals surface area contributed by atoms with Crippen LogP contribution in [0.1, 0.15) is 65.5 Å². The summed E-state index contributed by atoms with van der Waals surface area (Å²) in [5, 5.41) is 12.2. The molecule has 2 aromatic heterocycles. The van der Waals surface area contributed by atoms with Crippen LogP contribution < -0.4 is 10.4 Å². The molecular weight excluding hydrogens is 586 g/mol. The largest absolute Gasteiger partial charge is 0.484 e. The second-order valence-corrected chi connectivity index (χ2v) is 13.0. The van der Waals surface area contributed by atoms with Gasteiger partial charge in [-0.3, -0.25) is 14.6 Å². The minimum atomic E-state index is -1.28. The van der Waals surface area contributed by atoms with Crippen molar-refractivity contribution >= 4 is 11.9 Å². The molecule has 246 valence electrons. The molecule has 12 heteroatoms. The number of methoxy groups -OCH3 is 1. The molecule has 0 aromatic carbocycles. The molecule has 5 rings (SSSR count). The van der Waals surface area contributed by atoms with Gasteiger partial charge in [0.15, 0.2) is 0 Å². The maximum absolute atomic E-state index is 13.5. The van der Waals surface area contributed by atoms with Gasteiger partial charge in [0.1, 0.15) is 48.3 Å². The maximum Gasteiger partial charge on any atom is 0.345 e. The van der Waals surface area contributed by atoms with Crippen LogP contribution in [0.3, 0.4) is 0 Å². The van der Waals surface area contributed by atoms with Crippen LogP contribution in [0.5, 0.6) is 5.75 Å². The smallest absolute Gasteiger partial charge is 0.345 e. The maximum atomic E-state index is 13.5. The third-order valence-electron chi connectivity index (χ3n) is 10.2. The van der Waals surface area contributed by atoms with E-state index in [4.69, 9.17) is 32.8 Å². The van der Waals surface area contributed by atoms with Crippen LogP contribution in [0, 0.1) is 22.7 Å². The fourth-order valence-electron chi connectivity index (χ4n) is 8.24. The van der Waals surface area contributed by atoms with E-state index in [0.29, 0.717) is 38.0 Å². The van der Waals surface area contributed by atoms with E-state index in [9.17, 15) is 19.5 Å². The van der Waals surface area contributed by atoms with E-state index in [-0.39, 0.29) is 36.4 Å². The van der Waals surface area contributed by atoms with Crippen LogP contribution in [0.4, 0.5) is 0 Å². The normalized spacial score (nSPS) is 33.6. The molecule has 3 unspecified atom stereocenters. The van der Waals surface area contributed by atoms with Gasteiger partial charge >= 0.3 is 17.6 Å². The Morgan fingerprint density at radius 3 is 2.58 bits per heavy atom. The average Bonchev–Trinajstić information content (AvgIpc) is 2.98. The van der Waals surface area contributed by atoms with Crippen LogP contribution in [0.2, 0.25) is 0 Å². The fraction of sp³-hybridized carbons (Fsp3) is 0.636. The minimum absolute atomic E-state index is 0.00875. The number of aliphatic hydroxyl groups is 1. The highest BCUT2D eigenvalue weighted by atomic mass is 16.7. The van der Waals surface area contributed by atoms with Gasteiger partial charge < -0.3 is 37.9 Å². The van der Waals surface area contributed by atoms with Gasteiger partial charge in [0.2, 0.25) is 0 Å². The van der Waals surface area contributed by atoms with Gasteiger partial charge in [0.05, 0.1) is 19.3 Å². The highest BCUT2D eigenvalue weighted by Crippen LogP contribution is 2.67. The van der Waals surface area contributed by atoms with Gasteiger partial charge in [-0.2, -0.15) is 0 Å². The molecule has 0 bridgehead atoms. The first-order chi connectivity index (χ1) is 21.3. The van der Waals surface area contributed by atoms with Crippen molar-refractivity contribution in [2.24, 2.45) is 22.7 Å². The monoisotopic (exact) mass is 629 g/mol. The summed E-state index contributed by atoms with van der Waals surface area (Å²) >= 11 is 0. The Kier molecular flexibility index (Phi) is 9.42. The van der Waals surface area contributed by atoms with Crippen LogP contribution in [-0.2, 0) is 33.3 Å². The highest BCUT2D eigenvalue weighted by molar-refractivity contribution is 5.67. The molecule has 2 aromatic rings. The molecular formula is C33H43NO11. The standard InChI is InChI=1S/C33H43NO11/c1-19(35)41-17-32(4)24-15-26(42-18-40-13-12-39-6)33(5)29(31(24,3)10-9-25(32)43-20(2)36)28(37)27-23(45-33)14-22(44-30(27)38)21-8-7-11-34-16-21/h7-8,11,14,16,24-26,28-29,37H,9-10,12-13,15,17-18H2,1-6H3/t24?,25-,26-,28-,29?,31-,32?,33+/m0/s1. The Labute approximate surface area is 262 Å². The van der Waals surface area contributed by atoms with Crippen molar-refractivity contribution in [3.63, 3.8) is 0 Å². The van der Waals surface area contributed by atoms with Crippen molar-refractivity contribution < 1.29 is 47.5 Å². The molecule has 0 spiro atoms. The minimum Gasteiger partial charge on any atom is -0.484 e. The van der Waals surface area contributed by atoms with Gasteiger partial charge in [-0.15, -0.1) is 0 Å². The number of carbonyl (C=O) groups excluding carboxylic acids is 2. The van der Waals surface area contributed by atoms with E-state index < -0.39 is 58.2 Å². The second kappa shape index (κ2) is 12.8. The lowest BCUT2D eigenvalue weighted by molar-refractivity contribution is -0.284. The lowest BCUT2D eigenvalue weighted by Gasteiger charge is -2.66. The number of esters is 2. The number of hydrogen-bond acceptors (Lipinski definition) is 12. The topological polar surface area (TPSA) is 153 Å². The number of aliphatic hydroxyl groups excluding tert-OH is 1. The summed E-state index contributed by atoms with van der Waals surface area (Å²) in [6.45, 7) is 9.20. The first-order valence-corrected chi connectivity index (χ1v) is 15.3. The van der Waals surface area contributed by atoms with Crippen LogP contribution in [-0.4, -0.2) is 73.6 Å². The number of pyridine rings is 1. The third-order valence-corrected chi connectivity index (χ3v) is 10.2. The van der Waals surface area contributed by atoms with Gasteiger partial charge in [0, 0.05) is 56.3 Å². The van der Waals surface area contributed by atoms with Crippen molar-refractivity contribution in [3.05, 3.63) is 46.6 Å². The molecule has 8 atom stereocenters. The number of aromatic nitrogens is 1. The SMILES string of the molecule is COCCOCO[C@H]1CC2C(C)(COC(C)=O)[C@@H](OC(C)=O)CC[C@]2(C)C2[C@@H](O)c3c(cc(-c4cccnc4)oc3=O)O[C@@]21C. The molecule has 0 radical (unpaired) electrons. The average molecular weight is 630 g/mol. The number of carbonyl (C=O) groups is 2. The van der Waals surface area contributed by atoms with Gasteiger partial charge in [0.25, 0.3) is 0 Å². The van der Waals surface area contributed by atoms with E-state index in [1.54, 1.807) is 37.7 Å². The van der Waals surface area contributed by atoms with Crippen LogP contribution >= 0.6 is 0 Å². The van der Waals surface area contributed by atoms with E-state index in [2.05, 4.69) is 11.9 Å². The fourth-order valence-corrected chi connectivity index (χ4v) is 8.24. The van der Waals surface area contributed by atoms with Gasteiger partial charge in [-0.25, -0.2) is 4.79 Å². The molecule has 12 nitrogen and oxygen atoms in total. The zero-order valence-corrected chi connectivity index (χ0v) is 26.7. The summed E-state index contributed by atoms with van der Waals surface area (Å²) < 4.78 is 41.1. The molecule has 0 saturated heterocycles. The summed E-state index contributed by atoms with van der Waals surface area (Å²) in [5.74, 6) is -1.38.